The van der Waals surface area contributed by atoms with Crippen LogP contribution in [0.5, 0.6) is 0 Å². The van der Waals surface area contributed by atoms with E-state index in [0.29, 0.717) is 0 Å². The van der Waals surface area contributed by atoms with Gasteiger partial charge in [0, 0.05) is 22.5 Å². The number of thiophene rings is 1. The maximum atomic E-state index is 12.4. The number of rotatable bonds is 3. The van der Waals surface area contributed by atoms with Crippen LogP contribution in [0.25, 0.3) is 0 Å². The van der Waals surface area contributed by atoms with E-state index in [-0.39, 0.29) is 23.1 Å². The van der Waals surface area contributed by atoms with Crippen LogP contribution in [0.15, 0.2) is 29.1 Å². The molecular weight excluding hydrogens is 272 g/mol. The van der Waals surface area contributed by atoms with E-state index >= 15 is 0 Å². The van der Waals surface area contributed by atoms with Crippen LogP contribution in [0, 0.1) is 13.8 Å². The molecule has 0 bridgehead atoms. The average molecular weight is 290 g/mol. The third kappa shape index (κ3) is 2.82. The summed E-state index contributed by atoms with van der Waals surface area (Å²) in [7, 11) is 1.72. The summed E-state index contributed by atoms with van der Waals surface area (Å²) < 4.78 is 0. The summed E-state index contributed by atoms with van der Waals surface area (Å²) >= 11 is 1.66. The van der Waals surface area contributed by atoms with Crippen molar-refractivity contribution in [3.63, 3.8) is 0 Å². The summed E-state index contributed by atoms with van der Waals surface area (Å²) in [4.78, 5) is 30.8. The first-order valence-corrected chi connectivity index (χ1v) is 7.25. The summed E-state index contributed by atoms with van der Waals surface area (Å²) in [5.41, 5.74) is 0.589. The third-order valence-corrected chi connectivity index (χ3v) is 4.53. The van der Waals surface area contributed by atoms with E-state index in [1.165, 1.54) is 4.88 Å². The maximum Gasteiger partial charge on any atom is 0.260 e. The number of carbonyl (C=O) groups is 1. The van der Waals surface area contributed by atoms with E-state index in [1.807, 2.05) is 26.0 Å². The summed E-state index contributed by atoms with van der Waals surface area (Å²) in [5, 5.41) is 0. The summed E-state index contributed by atoms with van der Waals surface area (Å²) in [5.74, 6) is -0.259. The minimum atomic E-state index is -0.337. The molecule has 2 aromatic heterocycles. The van der Waals surface area contributed by atoms with E-state index in [2.05, 4.69) is 4.98 Å². The SMILES string of the molecule is Cc1ccc(C(=O)N(C)[C@H](C)c2ccc(C)s2)c(=O)[nH]1. The zero-order chi connectivity index (χ0) is 14.9. The molecule has 2 heterocycles. The number of aromatic amines is 1. The Labute approximate surface area is 122 Å². The highest BCUT2D eigenvalue weighted by molar-refractivity contribution is 7.12. The van der Waals surface area contributed by atoms with Crippen LogP contribution in [-0.2, 0) is 0 Å². The summed E-state index contributed by atoms with van der Waals surface area (Å²) in [6, 6.07) is 7.32. The molecule has 0 saturated carbocycles. The molecule has 106 valence electrons. The standard InChI is InChI=1S/C15H18N2O2S/c1-9-5-7-12(14(18)16-9)15(19)17(4)11(3)13-8-6-10(2)20-13/h5-8,11H,1-4H3,(H,16,18)/t11-/m1/s1. The molecule has 4 nitrogen and oxygen atoms in total. The molecule has 0 aliphatic heterocycles. The van der Waals surface area contributed by atoms with Gasteiger partial charge in [0.2, 0.25) is 0 Å². The topological polar surface area (TPSA) is 53.2 Å². The highest BCUT2D eigenvalue weighted by Gasteiger charge is 2.22. The normalized spacial score (nSPS) is 12.2. The van der Waals surface area contributed by atoms with Crippen LogP contribution in [0.3, 0.4) is 0 Å². The molecule has 20 heavy (non-hydrogen) atoms. The van der Waals surface area contributed by atoms with Crippen molar-refractivity contribution >= 4 is 17.2 Å². The van der Waals surface area contributed by atoms with Crippen molar-refractivity contribution in [2.45, 2.75) is 26.8 Å². The van der Waals surface area contributed by atoms with E-state index in [1.54, 1.807) is 42.3 Å². The Morgan fingerprint density at radius 3 is 2.50 bits per heavy atom. The molecule has 2 rings (SSSR count). The highest BCUT2D eigenvalue weighted by Crippen LogP contribution is 2.26. The second-order valence-corrected chi connectivity index (χ2v) is 6.24. The van der Waals surface area contributed by atoms with Crippen molar-refractivity contribution in [3.05, 3.63) is 55.6 Å². The monoisotopic (exact) mass is 290 g/mol. The molecule has 5 heteroatoms. The van der Waals surface area contributed by atoms with Gasteiger partial charge in [-0.25, -0.2) is 0 Å². The zero-order valence-electron chi connectivity index (χ0n) is 12.1. The van der Waals surface area contributed by atoms with Crippen molar-refractivity contribution in [1.29, 1.82) is 0 Å². The van der Waals surface area contributed by atoms with Gasteiger partial charge in [-0.3, -0.25) is 9.59 Å². The van der Waals surface area contributed by atoms with Gasteiger partial charge in [0.25, 0.3) is 11.5 Å². The van der Waals surface area contributed by atoms with Gasteiger partial charge in [-0.1, -0.05) is 0 Å². The predicted octanol–water partition coefficient (Wildman–Crippen LogP) is 2.89. The molecule has 1 atom stereocenters. The first-order valence-electron chi connectivity index (χ1n) is 6.43. The number of carbonyl (C=O) groups excluding carboxylic acids is 1. The molecule has 0 spiro atoms. The number of nitrogens with one attached hydrogen (secondary N) is 1. The number of amides is 1. The number of nitrogens with zero attached hydrogens (tertiary/aromatic N) is 1. The number of aryl methyl sites for hydroxylation is 2. The molecule has 0 radical (unpaired) electrons. The average Bonchev–Trinajstić information content (AvgIpc) is 2.83. The Kier molecular flexibility index (Phi) is 4.09. The quantitative estimate of drug-likeness (QED) is 0.945. The largest absolute Gasteiger partial charge is 0.334 e. The number of pyridine rings is 1. The van der Waals surface area contributed by atoms with E-state index < -0.39 is 0 Å². The Balaban J connectivity index is 2.26. The van der Waals surface area contributed by atoms with Crippen molar-refractivity contribution in [2.75, 3.05) is 7.05 Å². The lowest BCUT2D eigenvalue weighted by molar-refractivity contribution is 0.0743. The number of hydrogen-bond donors (Lipinski definition) is 1. The van der Waals surface area contributed by atoms with E-state index in [0.717, 1.165) is 10.6 Å². The summed E-state index contributed by atoms with van der Waals surface area (Å²) in [6.07, 6.45) is 0. The number of aromatic nitrogens is 1. The highest BCUT2D eigenvalue weighted by atomic mass is 32.1. The van der Waals surface area contributed by atoms with Crippen molar-refractivity contribution in [2.24, 2.45) is 0 Å². The fraction of sp³-hybridized carbons (Fsp3) is 0.333. The molecule has 0 aliphatic carbocycles. The predicted molar refractivity (Wildman–Crippen MR) is 81.4 cm³/mol. The van der Waals surface area contributed by atoms with Crippen molar-refractivity contribution in [3.8, 4) is 0 Å². The van der Waals surface area contributed by atoms with Gasteiger partial charge in [-0.2, -0.15) is 0 Å². The van der Waals surface area contributed by atoms with E-state index in [9.17, 15) is 9.59 Å². The fourth-order valence-corrected chi connectivity index (χ4v) is 2.95. The van der Waals surface area contributed by atoms with Gasteiger partial charge in [0.05, 0.1) is 6.04 Å². The molecule has 2 aromatic rings. The first-order chi connectivity index (χ1) is 9.40. The van der Waals surface area contributed by atoms with Crippen molar-refractivity contribution < 1.29 is 4.79 Å². The third-order valence-electron chi connectivity index (χ3n) is 3.36. The Bertz CT molecular complexity index is 687. The van der Waals surface area contributed by atoms with Crippen LogP contribution in [0.2, 0.25) is 0 Å². The number of H-pyrrole nitrogens is 1. The van der Waals surface area contributed by atoms with E-state index in [4.69, 9.17) is 0 Å². The van der Waals surface area contributed by atoms with Gasteiger partial charge in [0.15, 0.2) is 0 Å². The van der Waals surface area contributed by atoms with Crippen LogP contribution < -0.4 is 5.56 Å². The van der Waals surface area contributed by atoms with Crippen molar-refractivity contribution in [1.82, 2.24) is 9.88 Å². The zero-order valence-corrected chi connectivity index (χ0v) is 12.9. The second-order valence-electron chi connectivity index (χ2n) is 4.92. The van der Waals surface area contributed by atoms with Gasteiger partial charge in [-0.05, 0) is 45.0 Å². The summed E-state index contributed by atoms with van der Waals surface area (Å²) in [6.45, 7) is 5.79. The molecule has 0 saturated heterocycles. The first kappa shape index (κ1) is 14.5. The maximum absolute atomic E-state index is 12.4. The van der Waals surface area contributed by atoms with Crippen LogP contribution in [-0.4, -0.2) is 22.8 Å². The molecule has 0 fully saturated rings. The minimum absolute atomic E-state index is 0.0538. The Morgan fingerprint density at radius 2 is 1.95 bits per heavy atom. The van der Waals surface area contributed by atoms with Crippen LogP contribution in [0.1, 0.15) is 38.8 Å². The molecule has 0 unspecified atom stereocenters. The molecule has 0 aliphatic rings. The lowest BCUT2D eigenvalue weighted by Crippen LogP contribution is -2.33. The van der Waals surface area contributed by atoms with Crippen LogP contribution >= 0.6 is 11.3 Å². The molecule has 1 amide bonds. The molecule has 1 N–H and O–H groups in total. The lowest BCUT2D eigenvalue weighted by atomic mass is 10.2. The number of hydrogen-bond acceptors (Lipinski definition) is 3. The smallest absolute Gasteiger partial charge is 0.260 e. The minimum Gasteiger partial charge on any atom is -0.334 e. The van der Waals surface area contributed by atoms with Crippen LogP contribution in [0.4, 0.5) is 0 Å². The Morgan fingerprint density at radius 1 is 1.25 bits per heavy atom. The molecular formula is C15H18N2O2S. The van der Waals surface area contributed by atoms with Gasteiger partial charge >= 0.3 is 0 Å². The van der Waals surface area contributed by atoms with Gasteiger partial charge < -0.3 is 9.88 Å². The Hall–Kier alpha value is -1.88. The molecule has 0 aromatic carbocycles. The lowest BCUT2D eigenvalue weighted by Gasteiger charge is -2.23. The fourth-order valence-electron chi connectivity index (χ4n) is 1.98. The van der Waals surface area contributed by atoms with Gasteiger partial charge in [-0.15, -0.1) is 11.3 Å². The van der Waals surface area contributed by atoms with Gasteiger partial charge in [0.1, 0.15) is 5.56 Å². The second kappa shape index (κ2) is 5.63.